The first kappa shape index (κ1) is 11.1. The smallest absolute Gasteiger partial charge is 0.196 e. The molecule has 0 aliphatic heterocycles. The van der Waals surface area contributed by atoms with Crippen LogP contribution in [-0.2, 0) is 0 Å². The van der Waals surface area contributed by atoms with Gasteiger partial charge in [-0.15, -0.1) is 34.3 Å². The van der Waals surface area contributed by atoms with E-state index in [-0.39, 0.29) is 11.7 Å². The van der Waals surface area contributed by atoms with Gasteiger partial charge in [-0.1, -0.05) is 11.6 Å². The molecule has 0 bridgehead atoms. The summed E-state index contributed by atoms with van der Waals surface area (Å²) in [6.07, 6.45) is 0. The van der Waals surface area contributed by atoms with Gasteiger partial charge in [0.05, 0.1) is 15.8 Å². The third-order valence-electron chi connectivity index (χ3n) is 1.72. The molecular weight excluding hydrogens is 273 g/mol. The highest BCUT2D eigenvalue weighted by molar-refractivity contribution is 7.20. The van der Waals surface area contributed by atoms with Crippen molar-refractivity contribution in [3.63, 3.8) is 0 Å². The van der Waals surface area contributed by atoms with Crippen molar-refractivity contribution < 1.29 is 4.79 Å². The summed E-state index contributed by atoms with van der Waals surface area (Å²) >= 11 is 14.3. The van der Waals surface area contributed by atoms with Crippen LogP contribution in [0.1, 0.15) is 10.5 Å². The molecule has 0 aliphatic rings. The first-order chi connectivity index (χ1) is 7.22. The van der Waals surface area contributed by atoms with Gasteiger partial charge in [-0.2, -0.15) is 0 Å². The van der Waals surface area contributed by atoms with E-state index in [0.29, 0.717) is 10.7 Å². The van der Waals surface area contributed by atoms with Crippen molar-refractivity contribution >= 4 is 51.7 Å². The number of ketones is 1. The fourth-order valence-electron chi connectivity index (χ4n) is 1.02. The molecule has 0 atom stereocenters. The van der Waals surface area contributed by atoms with Gasteiger partial charge in [0.2, 0.25) is 0 Å². The number of rotatable bonds is 3. The molecule has 0 spiro atoms. The summed E-state index contributed by atoms with van der Waals surface area (Å²) in [5.41, 5.74) is 0.412. The highest BCUT2D eigenvalue weighted by Gasteiger charge is 2.13. The summed E-state index contributed by atoms with van der Waals surface area (Å²) in [5.74, 6) is -0.201. The second kappa shape index (κ2) is 4.61. The Hall–Kier alpha value is -0.420. The number of alkyl halides is 1. The normalized spacial score (nSPS) is 10.5. The van der Waals surface area contributed by atoms with E-state index < -0.39 is 0 Å². The van der Waals surface area contributed by atoms with Crippen LogP contribution in [0.4, 0.5) is 0 Å². The van der Waals surface area contributed by atoms with Crippen LogP contribution in [0.3, 0.4) is 0 Å². The fraction of sp³-hybridized carbons (Fsp3) is 0.111. The lowest BCUT2D eigenvalue weighted by Gasteiger charge is -1.90. The van der Waals surface area contributed by atoms with E-state index in [1.54, 1.807) is 5.38 Å². The van der Waals surface area contributed by atoms with Gasteiger partial charge in [0, 0.05) is 5.38 Å². The number of carbonyl (C=O) groups excluding carboxylic acids is 1. The summed E-state index contributed by atoms with van der Waals surface area (Å²) in [6.45, 7) is 0. The van der Waals surface area contributed by atoms with Crippen molar-refractivity contribution in [1.82, 2.24) is 4.98 Å². The Balaban J connectivity index is 2.36. The molecule has 0 saturated heterocycles. The predicted molar refractivity (Wildman–Crippen MR) is 65.5 cm³/mol. The molecule has 78 valence electrons. The second-order valence-corrected chi connectivity index (χ2v) is 5.14. The highest BCUT2D eigenvalue weighted by Crippen LogP contribution is 2.35. The van der Waals surface area contributed by atoms with Crippen molar-refractivity contribution in [2.75, 3.05) is 5.88 Å². The molecule has 0 aliphatic carbocycles. The zero-order valence-electron chi connectivity index (χ0n) is 7.37. The van der Waals surface area contributed by atoms with Crippen LogP contribution in [-0.4, -0.2) is 16.6 Å². The van der Waals surface area contributed by atoms with Gasteiger partial charge >= 0.3 is 0 Å². The minimum Gasteiger partial charge on any atom is -0.291 e. The molecule has 2 aromatic rings. The molecular formula is C9H5Cl2NOS2. The SMILES string of the molecule is O=C(CCl)c1csc(-c2sccc2Cl)n1. The molecule has 2 rings (SSSR count). The molecule has 2 heterocycles. The number of thiazole rings is 1. The Morgan fingerprint density at radius 2 is 2.27 bits per heavy atom. The minimum atomic E-state index is -0.160. The lowest BCUT2D eigenvalue weighted by Crippen LogP contribution is -1.99. The van der Waals surface area contributed by atoms with E-state index in [4.69, 9.17) is 23.2 Å². The zero-order valence-corrected chi connectivity index (χ0v) is 10.5. The largest absolute Gasteiger partial charge is 0.291 e. The average Bonchev–Trinajstić information content (AvgIpc) is 2.84. The van der Waals surface area contributed by atoms with Crippen LogP contribution >= 0.6 is 45.9 Å². The maximum absolute atomic E-state index is 11.3. The van der Waals surface area contributed by atoms with Gasteiger partial charge in [-0.3, -0.25) is 4.79 Å². The average molecular weight is 278 g/mol. The lowest BCUT2D eigenvalue weighted by molar-refractivity contribution is 0.101. The van der Waals surface area contributed by atoms with E-state index in [1.807, 2.05) is 11.4 Å². The van der Waals surface area contributed by atoms with Crippen molar-refractivity contribution in [1.29, 1.82) is 0 Å². The van der Waals surface area contributed by atoms with Crippen molar-refractivity contribution in [3.8, 4) is 9.88 Å². The molecule has 0 aromatic carbocycles. The van der Waals surface area contributed by atoms with E-state index in [1.165, 1.54) is 22.7 Å². The van der Waals surface area contributed by atoms with Crippen LogP contribution < -0.4 is 0 Å². The number of Topliss-reactive ketones (excluding diaryl/α,β-unsaturated/α-hetero) is 1. The molecule has 15 heavy (non-hydrogen) atoms. The molecule has 0 radical (unpaired) electrons. The van der Waals surface area contributed by atoms with Gasteiger partial charge in [0.15, 0.2) is 5.78 Å². The zero-order chi connectivity index (χ0) is 10.8. The minimum absolute atomic E-state index is 0.0403. The maximum atomic E-state index is 11.3. The molecule has 0 amide bonds. The van der Waals surface area contributed by atoms with Crippen molar-refractivity contribution in [3.05, 3.63) is 27.5 Å². The molecule has 6 heteroatoms. The van der Waals surface area contributed by atoms with E-state index in [2.05, 4.69) is 4.98 Å². The Morgan fingerprint density at radius 1 is 1.47 bits per heavy atom. The molecule has 2 nitrogen and oxygen atoms in total. The summed E-state index contributed by atoms with van der Waals surface area (Å²) < 4.78 is 0. The van der Waals surface area contributed by atoms with Crippen LogP contribution in [0.25, 0.3) is 9.88 Å². The number of aromatic nitrogens is 1. The van der Waals surface area contributed by atoms with Gasteiger partial charge in [0.25, 0.3) is 0 Å². The Morgan fingerprint density at radius 3 is 2.87 bits per heavy atom. The number of nitrogens with zero attached hydrogens (tertiary/aromatic N) is 1. The number of halogens is 2. The molecule has 0 saturated carbocycles. The Bertz CT molecular complexity index is 492. The summed E-state index contributed by atoms with van der Waals surface area (Å²) in [7, 11) is 0. The quantitative estimate of drug-likeness (QED) is 0.628. The van der Waals surface area contributed by atoms with E-state index in [0.717, 1.165) is 9.88 Å². The van der Waals surface area contributed by atoms with E-state index in [9.17, 15) is 4.79 Å². The molecule has 0 unspecified atom stereocenters. The molecule has 2 aromatic heterocycles. The topological polar surface area (TPSA) is 30.0 Å². The fourth-order valence-corrected chi connectivity index (χ4v) is 3.31. The van der Waals surface area contributed by atoms with Crippen LogP contribution in [0, 0.1) is 0 Å². The predicted octanol–water partition coefficient (Wildman–Crippen LogP) is 3.95. The van der Waals surface area contributed by atoms with Crippen LogP contribution in [0.5, 0.6) is 0 Å². The number of carbonyl (C=O) groups is 1. The van der Waals surface area contributed by atoms with E-state index >= 15 is 0 Å². The molecule has 0 fully saturated rings. The second-order valence-electron chi connectivity index (χ2n) is 2.69. The lowest BCUT2D eigenvalue weighted by atomic mass is 10.3. The first-order valence-corrected chi connectivity index (χ1v) is 6.67. The molecule has 0 N–H and O–H groups in total. The highest BCUT2D eigenvalue weighted by atomic mass is 35.5. The van der Waals surface area contributed by atoms with Crippen LogP contribution in [0.2, 0.25) is 5.02 Å². The number of hydrogen-bond acceptors (Lipinski definition) is 4. The first-order valence-electron chi connectivity index (χ1n) is 4.00. The van der Waals surface area contributed by atoms with Gasteiger partial charge in [-0.05, 0) is 11.4 Å². The van der Waals surface area contributed by atoms with Crippen molar-refractivity contribution in [2.45, 2.75) is 0 Å². The monoisotopic (exact) mass is 277 g/mol. The number of thiophene rings is 1. The van der Waals surface area contributed by atoms with Crippen molar-refractivity contribution in [2.24, 2.45) is 0 Å². The third-order valence-corrected chi connectivity index (χ3v) is 4.30. The Kier molecular flexibility index (Phi) is 3.41. The summed E-state index contributed by atoms with van der Waals surface area (Å²) in [5, 5.41) is 5.03. The van der Waals surface area contributed by atoms with Gasteiger partial charge in [0.1, 0.15) is 10.7 Å². The third kappa shape index (κ3) is 2.23. The summed E-state index contributed by atoms with van der Waals surface area (Å²) in [4.78, 5) is 16.4. The van der Waals surface area contributed by atoms with Gasteiger partial charge in [-0.25, -0.2) is 4.98 Å². The number of hydrogen-bond donors (Lipinski definition) is 0. The Labute approximate surface area is 104 Å². The standard InChI is InChI=1S/C9H5Cl2NOS2/c10-3-7(13)6-4-15-9(12-6)8-5(11)1-2-14-8/h1-2,4H,3H2. The van der Waals surface area contributed by atoms with Gasteiger partial charge < -0.3 is 0 Å². The summed E-state index contributed by atoms with van der Waals surface area (Å²) in [6, 6.07) is 1.81. The maximum Gasteiger partial charge on any atom is 0.196 e. The van der Waals surface area contributed by atoms with Crippen LogP contribution in [0.15, 0.2) is 16.8 Å².